The Morgan fingerprint density at radius 2 is 2.08 bits per heavy atom. The number of nitrogens with one attached hydrogen (secondary N) is 1. The van der Waals surface area contributed by atoms with Crippen LogP contribution in [-0.2, 0) is 4.79 Å². The molecule has 0 radical (unpaired) electrons. The molecule has 0 saturated heterocycles. The van der Waals surface area contributed by atoms with Crippen LogP contribution < -0.4 is 5.32 Å². The topological polar surface area (TPSA) is 49.3 Å². The van der Waals surface area contributed by atoms with E-state index in [4.69, 9.17) is 5.11 Å². The first kappa shape index (κ1) is 9.52. The molecule has 0 spiro atoms. The standard InChI is InChI=1S/C9H17NO2/c1-8(2,6-11)10-7(12)9(3)4-5-9/h11H,4-6H2,1-3H3,(H,10,12). The second-order valence-electron chi connectivity index (χ2n) is 4.56. The Balaban J connectivity index is 2.46. The van der Waals surface area contributed by atoms with Crippen LogP contribution in [-0.4, -0.2) is 23.2 Å². The number of aliphatic hydroxyl groups is 1. The summed E-state index contributed by atoms with van der Waals surface area (Å²) in [6.45, 7) is 5.57. The molecule has 3 heteroatoms. The minimum atomic E-state index is -0.483. The molecule has 0 aromatic rings. The van der Waals surface area contributed by atoms with Crippen LogP contribution in [0.3, 0.4) is 0 Å². The minimum absolute atomic E-state index is 0.0190. The highest BCUT2D eigenvalue weighted by molar-refractivity contribution is 5.85. The van der Waals surface area contributed by atoms with Crippen LogP contribution in [0.2, 0.25) is 0 Å². The van der Waals surface area contributed by atoms with Gasteiger partial charge in [0.15, 0.2) is 0 Å². The molecule has 3 nitrogen and oxygen atoms in total. The fourth-order valence-corrected chi connectivity index (χ4v) is 0.912. The van der Waals surface area contributed by atoms with E-state index in [0.29, 0.717) is 0 Å². The molecule has 1 saturated carbocycles. The fraction of sp³-hybridized carbons (Fsp3) is 0.889. The lowest BCUT2D eigenvalue weighted by atomic mass is 10.0. The van der Waals surface area contributed by atoms with Gasteiger partial charge in [0.2, 0.25) is 5.91 Å². The van der Waals surface area contributed by atoms with Crippen molar-refractivity contribution in [2.24, 2.45) is 5.41 Å². The maximum absolute atomic E-state index is 11.5. The molecule has 0 bridgehead atoms. The Kier molecular flexibility index (Phi) is 2.17. The molecule has 0 unspecified atom stereocenters. The fourth-order valence-electron chi connectivity index (χ4n) is 0.912. The predicted octanol–water partition coefficient (Wildman–Crippen LogP) is 0.674. The minimum Gasteiger partial charge on any atom is -0.394 e. The monoisotopic (exact) mass is 171 g/mol. The summed E-state index contributed by atoms with van der Waals surface area (Å²) >= 11 is 0. The van der Waals surface area contributed by atoms with Crippen LogP contribution in [0.1, 0.15) is 33.6 Å². The summed E-state index contributed by atoms with van der Waals surface area (Å²) in [6, 6.07) is 0. The van der Waals surface area contributed by atoms with Gasteiger partial charge in [-0.25, -0.2) is 0 Å². The molecule has 2 N–H and O–H groups in total. The molecule has 1 aliphatic carbocycles. The van der Waals surface area contributed by atoms with Crippen LogP contribution >= 0.6 is 0 Å². The Labute approximate surface area is 73.2 Å². The predicted molar refractivity (Wildman–Crippen MR) is 46.6 cm³/mol. The molecule has 1 fully saturated rings. The van der Waals surface area contributed by atoms with Gasteiger partial charge in [-0.05, 0) is 26.7 Å². The van der Waals surface area contributed by atoms with Crippen molar-refractivity contribution < 1.29 is 9.90 Å². The number of carbonyl (C=O) groups excluding carboxylic acids is 1. The smallest absolute Gasteiger partial charge is 0.226 e. The summed E-state index contributed by atoms with van der Waals surface area (Å²) in [6.07, 6.45) is 1.95. The Hall–Kier alpha value is -0.570. The van der Waals surface area contributed by atoms with Gasteiger partial charge in [-0.3, -0.25) is 4.79 Å². The van der Waals surface area contributed by atoms with E-state index in [9.17, 15) is 4.79 Å². The van der Waals surface area contributed by atoms with Gasteiger partial charge in [0, 0.05) is 5.41 Å². The number of rotatable bonds is 3. The molecule has 0 aromatic carbocycles. The first-order chi connectivity index (χ1) is 5.40. The molecule has 12 heavy (non-hydrogen) atoms. The molecular weight excluding hydrogens is 154 g/mol. The van der Waals surface area contributed by atoms with Crippen molar-refractivity contribution in [3.8, 4) is 0 Å². The summed E-state index contributed by atoms with van der Waals surface area (Å²) in [5.41, 5.74) is -0.630. The molecule has 1 aliphatic rings. The summed E-state index contributed by atoms with van der Waals surface area (Å²) < 4.78 is 0. The molecule has 0 atom stereocenters. The molecule has 0 aromatic heterocycles. The van der Waals surface area contributed by atoms with Gasteiger partial charge in [-0.2, -0.15) is 0 Å². The van der Waals surface area contributed by atoms with E-state index < -0.39 is 5.54 Å². The first-order valence-electron chi connectivity index (χ1n) is 4.33. The van der Waals surface area contributed by atoms with Gasteiger partial charge in [0.25, 0.3) is 0 Å². The highest BCUT2D eigenvalue weighted by Gasteiger charge is 2.46. The maximum Gasteiger partial charge on any atom is 0.226 e. The number of carbonyl (C=O) groups is 1. The van der Waals surface area contributed by atoms with E-state index in [-0.39, 0.29) is 17.9 Å². The van der Waals surface area contributed by atoms with E-state index in [2.05, 4.69) is 5.32 Å². The third-order valence-corrected chi connectivity index (χ3v) is 2.40. The number of aliphatic hydroxyl groups excluding tert-OH is 1. The lowest BCUT2D eigenvalue weighted by Crippen LogP contribution is -2.48. The van der Waals surface area contributed by atoms with Crippen LogP contribution in [0.5, 0.6) is 0 Å². The van der Waals surface area contributed by atoms with Gasteiger partial charge < -0.3 is 10.4 Å². The van der Waals surface area contributed by atoms with Gasteiger partial charge >= 0.3 is 0 Å². The number of amides is 1. The van der Waals surface area contributed by atoms with Crippen molar-refractivity contribution >= 4 is 5.91 Å². The Morgan fingerprint density at radius 3 is 2.42 bits per heavy atom. The van der Waals surface area contributed by atoms with Crippen molar-refractivity contribution in [1.29, 1.82) is 0 Å². The summed E-state index contributed by atoms with van der Waals surface area (Å²) in [4.78, 5) is 11.5. The van der Waals surface area contributed by atoms with Crippen LogP contribution in [0.25, 0.3) is 0 Å². The maximum atomic E-state index is 11.5. The Morgan fingerprint density at radius 1 is 1.58 bits per heavy atom. The zero-order valence-electron chi connectivity index (χ0n) is 7.98. The highest BCUT2D eigenvalue weighted by Crippen LogP contribution is 2.45. The Bertz CT molecular complexity index is 195. The average molecular weight is 171 g/mol. The summed E-state index contributed by atoms with van der Waals surface area (Å²) in [5.74, 6) is 0.0709. The lowest BCUT2D eigenvalue weighted by Gasteiger charge is -2.25. The molecule has 0 heterocycles. The molecule has 1 amide bonds. The van der Waals surface area contributed by atoms with E-state index in [0.717, 1.165) is 12.8 Å². The van der Waals surface area contributed by atoms with Gasteiger partial charge in [0.05, 0.1) is 12.1 Å². The van der Waals surface area contributed by atoms with Crippen molar-refractivity contribution in [1.82, 2.24) is 5.32 Å². The molecule has 70 valence electrons. The first-order valence-corrected chi connectivity index (χ1v) is 4.33. The third kappa shape index (κ3) is 1.97. The van der Waals surface area contributed by atoms with E-state index in [1.54, 1.807) is 0 Å². The summed E-state index contributed by atoms with van der Waals surface area (Å²) in [5, 5.41) is 11.7. The van der Waals surface area contributed by atoms with Crippen LogP contribution in [0.4, 0.5) is 0 Å². The average Bonchev–Trinajstić information content (AvgIpc) is 2.69. The normalized spacial score (nSPS) is 20.3. The second kappa shape index (κ2) is 2.73. The van der Waals surface area contributed by atoms with Crippen molar-refractivity contribution in [3.63, 3.8) is 0 Å². The zero-order chi connectivity index (χ0) is 9.41. The van der Waals surface area contributed by atoms with Crippen molar-refractivity contribution in [2.45, 2.75) is 39.2 Å². The number of hydrogen-bond donors (Lipinski definition) is 2. The largest absolute Gasteiger partial charge is 0.394 e. The lowest BCUT2D eigenvalue weighted by molar-refractivity contribution is -0.127. The van der Waals surface area contributed by atoms with Crippen LogP contribution in [0.15, 0.2) is 0 Å². The van der Waals surface area contributed by atoms with E-state index in [1.165, 1.54) is 0 Å². The molecular formula is C9H17NO2. The van der Waals surface area contributed by atoms with Crippen LogP contribution in [0, 0.1) is 5.41 Å². The molecule has 1 rings (SSSR count). The molecule has 0 aliphatic heterocycles. The SMILES string of the molecule is CC(C)(CO)NC(=O)C1(C)CC1. The van der Waals surface area contributed by atoms with Crippen molar-refractivity contribution in [3.05, 3.63) is 0 Å². The number of hydrogen-bond acceptors (Lipinski definition) is 2. The third-order valence-electron chi connectivity index (χ3n) is 2.40. The van der Waals surface area contributed by atoms with Crippen molar-refractivity contribution in [2.75, 3.05) is 6.61 Å². The highest BCUT2D eigenvalue weighted by atomic mass is 16.3. The summed E-state index contributed by atoms with van der Waals surface area (Å²) in [7, 11) is 0. The quantitative estimate of drug-likeness (QED) is 0.656. The van der Waals surface area contributed by atoms with E-state index in [1.807, 2.05) is 20.8 Å². The van der Waals surface area contributed by atoms with Gasteiger partial charge in [0.1, 0.15) is 0 Å². The van der Waals surface area contributed by atoms with Gasteiger partial charge in [-0.15, -0.1) is 0 Å². The van der Waals surface area contributed by atoms with Gasteiger partial charge in [-0.1, -0.05) is 6.92 Å². The van der Waals surface area contributed by atoms with E-state index >= 15 is 0 Å². The zero-order valence-corrected chi connectivity index (χ0v) is 7.98. The second-order valence-corrected chi connectivity index (χ2v) is 4.56.